The molecule has 0 spiro atoms. The van der Waals surface area contributed by atoms with Gasteiger partial charge in [-0.25, -0.2) is 14.4 Å². The van der Waals surface area contributed by atoms with E-state index < -0.39 is 0 Å². The average molecular weight is 449 g/mol. The number of nitrogens with zero attached hydrogens (tertiary/aromatic N) is 6. The van der Waals surface area contributed by atoms with E-state index in [4.69, 9.17) is 9.97 Å². The van der Waals surface area contributed by atoms with E-state index in [1.165, 1.54) is 12.1 Å². The molecule has 1 fully saturated rings. The second-order valence-corrected chi connectivity index (χ2v) is 8.75. The standard InChI is InChI=1S/C24H25FN6O2/c1-15-20-10-21(32)31(12-16-5-3-7-19(25)9-16)23(20)28-22(27-15)17-6-4-8-30(14-17)24(33)18-11-26-29(2)13-18/h3,5,7,9,11,13,17H,4,6,8,10,12,14H2,1-2H3/t17-/m0/s1. The number of benzene rings is 1. The Kier molecular flexibility index (Phi) is 5.39. The first-order chi connectivity index (χ1) is 15.9. The van der Waals surface area contributed by atoms with Gasteiger partial charge >= 0.3 is 0 Å². The van der Waals surface area contributed by atoms with E-state index in [0.29, 0.717) is 35.9 Å². The molecular weight excluding hydrogens is 423 g/mol. The van der Waals surface area contributed by atoms with E-state index in [1.54, 1.807) is 41.2 Å². The first-order valence-electron chi connectivity index (χ1n) is 11.1. The largest absolute Gasteiger partial charge is 0.338 e. The number of piperidine rings is 1. The van der Waals surface area contributed by atoms with Crippen molar-refractivity contribution in [3.63, 3.8) is 0 Å². The zero-order valence-electron chi connectivity index (χ0n) is 18.7. The smallest absolute Gasteiger partial charge is 0.257 e. The highest BCUT2D eigenvalue weighted by molar-refractivity contribution is 6.00. The van der Waals surface area contributed by atoms with Crippen molar-refractivity contribution in [2.24, 2.45) is 7.05 Å². The number of carbonyl (C=O) groups is 2. The third kappa shape index (κ3) is 4.10. The van der Waals surface area contributed by atoms with Crippen LogP contribution in [0.15, 0.2) is 36.7 Å². The maximum Gasteiger partial charge on any atom is 0.257 e. The number of hydrogen-bond donors (Lipinski definition) is 0. The summed E-state index contributed by atoms with van der Waals surface area (Å²) in [5, 5.41) is 4.10. The van der Waals surface area contributed by atoms with Crippen molar-refractivity contribution in [1.82, 2.24) is 24.6 Å². The molecule has 0 saturated carbocycles. The molecule has 3 aromatic rings. The van der Waals surface area contributed by atoms with Crippen molar-refractivity contribution >= 4 is 17.6 Å². The van der Waals surface area contributed by atoms with Crippen LogP contribution in [0.3, 0.4) is 0 Å². The molecule has 8 nitrogen and oxygen atoms in total. The van der Waals surface area contributed by atoms with Crippen molar-refractivity contribution in [1.29, 1.82) is 0 Å². The van der Waals surface area contributed by atoms with Crippen molar-refractivity contribution in [3.05, 3.63) is 70.7 Å². The number of carbonyl (C=O) groups excluding carboxylic acids is 2. The Bertz CT molecular complexity index is 1240. The van der Waals surface area contributed by atoms with Crippen molar-refractivity contribution < 1.29 is 14.0 Å². The van der Waals surface area contributed by atoms with Gasteiger partial charge in [0, 0.05) is 43.5 Å². The highest BCUT2D eigenvalue weighted by atomic mass is 19.1. The number of likely N-dealkylation sites (tertiary alicyclic amines) is 1. The molecule has 9 heteroatoms. The van der Waals surface area contributed by atoms with Crippen molar-refractivity contribution in [2.45, 2.75) is 38.6 Å². The Labute approximate surface area is 191 Å². The fourth-order valence-corrected chi connectivity index (χ4v) is 4.65. The summed E-state index contributed by atoms with van der Waals surface area (Å²) in [7, 11) is 1.79. The Morgan fingerprint density at radius 1 is 1.27 bits per heavy atom. The third-order valence-corrected chi connectivity index (χ3v) is 6.35. The summed E-state index contributed by atoms with van der Waals surface area (Å²) in [6.07, 6.45) is 5.26. The number of anilines is 1. The molecule has 2 aromatic heterocycles. The summed E-state index contributed by atoms with van der Waals surface area (Å²) in [5.41, 5.74) is 2.87. The lowest BCUT2D eigenvalue weighted by Gasteiger charge is -2.32. The molecule has 2 aliphatic heterocycles. The van der Waals surface area contributed by atoms with Gasteiger partial charge in [0.1, 0.15) is 17.5 Å². The summed E-state index contributed by atoms with van der Waals surface area (Å²) in [4.78, 5) is 38.7. The maximum atomic E-state index is 13.7. The molecule has 1 aromatic carbocycles. The monoisotopic (exact) mass is 448 g/mol. The van der Waals surface area contributed by atoms with Crippen LogP contribution in [-0.2, 0) is 24.8 Å². The Morgan fingerprint density at radius 3 is 2.88 bits per heavy atom. The topological polar surface area (TPSA) is 84.2 Å². The van der Waals surface area contributed by atoms with Gasteiger partial charge in [-0.15, -0.1) is 0 Å². The van der Waals surface area contributed by atoms with Crippen LogP contribution in [0.25, 0.3) is 0 Å². The minimum atomic E-state index is -0.334. The summed E-state index contributed by atoms with van der Waals surface area (Å²) >= 11 is 0. The van der Waals surface area contributed by atoms with Crippen LogP contribution < -0.4 is 4.90 Å². The van der Waals surface area contributed by atoms with Crippen LogP contribution >= 0.6 is 0 Å². The lowest BCUT2D eigenvalue weighted by Crippen LogP contribution is -2.39. The number of halogens is 1. The van der Waals surface area contributed by atoms with Gasteiger partial charge in [-0.3, -0.25) is 19.2 Å². The number of aryl methyl sites for hydroxylation is 2. The number of rotatable bonds is 4. The lowest BCUT2D eigenvalue weighted by molar-refractivity contribution is -0.117. The first kappa shape index (κ1) is 21.2. The minimum Gasteiger partial charge on any atom is -0.338 e. The van der Waals surface area contributed by atoms with E-state index in [9.17, 15) is 14.0 Å². The van der Waals surface area contributed by atoms with Crippen LogP contribution in [0.5, 0.6) is 0 Å². The van der Waals surface area contributed by atoms with E-state index >= 15 is 0 Å². The fraction of sp³-hybridized carbons (Fsp3) is 0.375. The van der Waals surface area contributed by atoms with Gasteiger partial charge in [-0.05, 0) is 37.5 Å². The molecule has 0 radical (unpaired) electrons. The highest BCUT2D eigenvalue weighted by Crippen LogP contribution is 2.34. The van der Waals surface area contributed by atoms with Crippen molar-refractivity contribution in [2.75, 3.05) is 18.0 Å². The maximum absolute atomic E-state index is 13.7. The molecule has 170 valence electrons. The summed E-state index contributed by atoms with van der Waals surface area (Å²) in [6, 6.07) is 6.25. The van der Waals surface area contributed by atoms with Gasteiger partial charge in [0.05, 0.1) is 24.7 Å². The molecule has 0 aliphatic carbocycles. The van der Waals surface area contributed by atoms with Crippen LogP contribution in [0, 0.1) is 12.7 Å². The number of amides is 2. The van der Waals surface area contributed by atoms with E-state index in [0.717, 1.165) is 24.1 Å². The Hall–Kier alpha value is -3.62. The first-order valence-corrected chi connectivity index (χ1v) is 11.1. The number of fused-ring (bicyclic) bond motifs is 1. The molecule has 1 saturated heterocycles. The molecule has 2 amide bonds. The van der Waals surface area contributed by atoms with Gasteiger partial charge in [0.2, 0.25) is 5.91 Å². The highest BCUT2D eigenvalue weighted by Gasteiger charge is 2.34. The van der Waals surface area contributed by atoms with Crippen LogP contribution in [0.4, 0.5) is 10.2 Å². The normalized spacial score (nSPS) is 18.0. The minimum absolute atomic E-state index is 0.0184. The molecule has 0 unspecified atom stereocenters. The number of aromatic nitrogens is 4. The zero-order chi connectivity index (χ0) is 23.1. The van der Waals surface area contributed by atoms with Gasteiger partial charge < -0.3 is 4.90 Å². The van der Waals surface area contributed by atoms with Gasteiger partial charge in [-0.2, -0.15) is 5.10 Å². The molecule has 0 N–H and O–H groups in total. The van der Waals surface area contributed by atoms with Gasteiger partial charge in [-0.1, -0.05) is 12.1 Å². The fourth-order valence-electron chi connectivity index (χ4n) is 4.65. The molecule has 4 heterocycles. The zero-order valence-corrected chi connectivity index (χ0v) is 18.7. The van der Waals surface area contributed by atoms with Crippen LogP contribution in [-0.4, -0.2) is 49.6 Å². The quantitative estimate of drug-likeness (QED) is 0.613. The molecule has 0 bridgehead atoms. The van der Waals surface area contributed by atoms with Gasteiger partial charge in [0.25, 0.3) is 5.91 Å². The van der Waals surface area contributed by atoms with E-state index in [1.807, 2.05) is 11.8 Å². The van der Waals surface area contributed by atoms with Gasteiger partial charge in [0.15, 0.2) is 0 Å². The molecular formula is C24H25FN6O2. The van der Waals surface area contributed by atoms with E-state index in [2.05, 4.69) is 5.10 Å². The predicted molar refractivity (Wildman–Crippen MR) is 119 cm³/mol. The second-order valence-electron chi connectivity index (χ2n) is 8.75. The van der Waals surface area contributed by atoms with E-state index in [-0.39, 0.29) is 36.5 Å². The summed E-state index contributed by atoms with van der Waals surface area (Å²) in [6.45, 7) is 3.35. The SMILES string of the molecule is Cc1nc([C@H]2CCCN(C(=O)c3cnn(C)c3)C2)nc2c1CC(=O)N2Cc1cccc(F)c1. The Balaban J connectivity index is 1.41. The molecule has 5 rings (SSSR count). The number of hydrogen-bond acceptors (Lipinski definition) is 5. The Morgan fingerprint density at radius 2 is 2.12 bits per heavy atom. The molecule has 33 heavy (non-hydrogen) atoms. The lowest BCUT2D eigenvalue weighted by atomic mass is 9.96. The summed E-state index contributed by atoms with van der Waals surface area (Å²) < 4.78 is 15.3. The third-order valence-electron chi connectivity index (χ3n) is 6.35. The summed E-state index contributed by atoms with van der Waals surface area (Å²) in [5.74, 6) is 0.778. The second kappa shape index (κ2) is 8.38. The van der Waals surface area contributed by atoms with Crippen LogP contribution in [0.1, 0.15) is 51.8 Å². The average Bonchev–Trinajstić information content (AvgIpc) is 3.37. The molecule has 2 aliphatic rings. The predicted octanol–water partition coefficient (Wildman–Crippen LogP) is 2.77. The van der Waals surface area contributed by atoms with Crippen molar-refractivity contribution in [3.8, 4) is 0 Å². The van der Waals surface area contributed by atoms with Crippen LogP contribution in [0.2, 0.25) is 0 Å². The molecule has 1 atom stereocenters.